The van der Waals surface area contributed by atoms with E-state index in [0.29, 0.717) is 5.41 Å². The lowest BCUT2D eigenvalue weighted by atomic mass is 9.87. The monoisotopic (exact) mass is 140 g/mol. The van der Waals surface area contributed by atoms with Crippen molar-refractivity contribution < 1.29 is 0 Å². The van der Waals surface area contributed by atoms with Gasteiger partial charge in [-0.05, 0) is 29.6 Å². The van der Waals surface area contributed by atoms with Crippen LogP contribution < -0.4 is 0 Å². The fourth-order valence-electron chi connectivity index (χ4n) is 1.95. The summed E-state index contributed by atoms with van der Waals surface area (Å²) in [6.45, 7) is 11.8. The molecule has 1 aliphatic rings. The van der Waals surface area contributed by atoms with Gasteiger partial charge in [-0.2, -0.15) is 0 Å². The van der Waals surface area contributed by atoms with Crippen LogP contribution in [0.4, 0.5) is 0 Å². The minimum atomic E-state index is 0.564. The molecule has 0 bridgehead atoms. The summed E-state index contributed by atoms with van der Waals surface area (Å²) in [6, 6.07) is 0. The lowest BCUT2D eigenvalue weighted by molar-refractivity contribution is 0.309. The van der Waals surface area contributed by atoms with E-state index in [-0.39, 0.29) is 0 Å². The van der Waals surface area contributed by atoms with Crippen molar-refractivity contribution >= 4 is 0 Å². The second kappa shape index (κ2) is 2.25. The molecule has 1 fully saturated rings. The quantitative estimate of drug-likeness (QED) is 0.524. The molecule has 2 atom stereocenters. The maximum absolute atomic E-state index is 2.36. The van der Waals surface area contributed by atoms with Gasteiger partial charge >= 0.3 is 0 Å². The molecule has 60 valence electrons. The van der Waals surface area contributed by atoms with E-state index in [1.54, 1.807) is 0 Å². The van der Waals surface area contributed by atoms with Crippen LogP contribution in [0.1, 0.15) is 41.0 Å². The Kier molecular flexibility index (Phi) is 1.82. The molecule has 0 amide bonds. The topological polar surface area (TPSA) is 0 Å². The van der Waals surface area contributed by atoms with Crippen LogP contribution in [0.15, 0.2) is 0 Å². The lowest BCUT2D eigenvalue weighted by Gasteiger charge is -2.18. The van der Waals surface area contributed by atoms with Gasteiger partial charge in [0.1, 0.15) is 0 Å². The van der Waals surface area contributed by atoms with E-state index in [2.05, 4.69) is 34.6 Å². The summed E-state index contributed by atoms with van der Waals surface area (Å²) < 4.78 is 0. The van der Waals surface area contributed by atoms with Crippen molar-refractivity contribution in [2.75, 3.05) is 0 Å². The maximum Gasteiger partial charge on any atom is -0.0332 e. The first-order chi connectivity index (χ1) is 4.43. The molecule has 0 heteroatoms. The normalized spacial score (nSPS) is 33.0. The van der Waals surface area contributed by atoms with Crippen LogP contribution >= 0.6 is 0 Å². The molecule has 1 rings (SSSR count). The van der Waals surface area contributed by atoms with Crippen LogP contribution in [0, 0.1) is 23.2 Å². The van der Waals surface area contributed by atoms with Crippen molar-refractivity contribution in [1.82, 2.24) is 0 Å². The minimum Gasteiger partial charge on any atom is -0.0625 e. The third-order valence-electron chi connectivity index (χ3n) is 2.81. The third-order valence-corrected chi connectivity index (χ3v) is 2.81. The fraction of sp³-hybridized carbons (Fsp3) is 1.00. The van der Waals surface area contributed by atoms with Gasteiger partial charge in [0, 0.05) is 0 Å². The highest BCUT2D eigenvalue weighted by Crippen LogP contribution is 2.53. The first-order valence-electron chi connectivity index (χ1n) is 4.43. The smallest absolute Gasteiger partial charge is 0.0332 e. The van der Waals surface area contributed by atoms with Crippen LogP contribution in [0.3, 0.4) is 0 Å². The zero-order valence-corrected chi connectivity index (χ0v) is 7.94. The van der Waals surface area contributed by atoms with Crippen molar-refractivity contribution in [3.05, 3.63) is 0 Å². The van der Waals surface area contributed by atoms with Gasteiger partial charge in [0.05, 0.1) is 0 Å². The van der Waals surface area contributed by atoms with Gasteiger partial charge in [0.2, 0.25) is 0 Å². The molecule has 10 heavy (non-hydrogen) atoms. The number of hydrogen-bond donors (Lipinski definition) is 0. The summed E-state index contributed by atoms with van der Waals surface area (Å²) in [6.07, 6.45) is 1.47. The highest BCUT2D eigenvalue weighted by Gasteiger charge is 2.46. The van der Waals surface area contributed by atoms with Gasteiger partial charge in [0.15, 0.2) is 0 Å². The van der Waals surface area contributed by atoms with Gasteiger partial charge in [-0.1, -0.05) is 34.6 Å². The minimum absolute atomic E-state index is 0.564. The molecular formula is C10H20. The van der Waals surface area contributed by atoms with E-state index in [1.807, 2.05) is 0 Å². The molecule has 0 aromatic heterocycles. The molecule has 0 heterocycles. The average molecular weight is 140 g/mol. The van der Waals surface area contributed by atoms with E-state index in [0.717, 1.165) is 17.8 Å². The van der Waals surface area contributed by atoms with E-state index < -0.39 is 0 Å². The SMILES string of the molecule is CC(C)[C@@H]1C[C@@H]1C(C)(C)C. The van der Waals surface area contributed by atoms with E-state index in [9.17, 15) is 0 Å². The lowest BCUT2D eigenvalue weighted by Crippen LogP contribution is -2.10. The Labute approximate surface area is 65.0 Å². The predicted octanol–water partition coefficient (Wildman–Crippen LogP) is 3.32. The first-order valence-corrected chi connectivity index (χ1v) is 4.43. The molecule has 1 aliphatic carbocycles. The van der Waals surface area contributed by atoms with Crippen molar-refractivity contribution in [2.24, 2.45) is 23.2 Å². The Bertz CT molecular complexity index is 116. The number of rotatable bonds is 1. The molecule has 0 nitrogen and oxygen atoms in total. The van der Waals surface area contributed by atoms with Crippen LogP contribution in [0.2, 0.25) is 0 Å². The fourth-order valence-corrected chi connectivity index (χ4v) is 1.95. The summed E-state index contributed by atoms with van der Waals surface area (Å²) >= 11 is 0. The second-order valence-electron chi connectivity index (χ2n) is 5.12. The third kappa shape index (κ3) is 1.53. The second-order valence-corrected chi connectivity index (χ2v) is 5.12. The molecule has 0 radical (unpaired) electrons. The molecule has 0 unspecified atom stereocenters. The Morgan fingerprint density at radius 2 is 1.70 bits per heavy atom. The van der Waals surface area contributed by atoms with Gasteiger partial charge in [0.25, 0.3) is 0 Å². The zero-order chi connectivity index (χ0) is 7.94. The van der Waals surface area contributed by atoms with E-state index in [1.165, 1.54) is 6.42 Å². The Balaban J connectivity index is 2.39. The van der Waals surface area contributed by atoms with Gasteiger partial charge in [-0.15, -0.1) is 0 Å². The Morgan fingerprint density at radius 1 is 1.20 bits per heavy atom. The Morgan fingerprint density at radius 3 is 1.80 bits per heavy atom. The van der Waals surface area contributed by atoms with Gasteiger partial charge < -0.3 is 0 Å². The zero-order valence-electron chi connectivity index (χ0n) is 7.94. The molecule has 0 N–H and O–H groups in total. The van der Waals surface area contributed by atoms with Crippen molar-refractivity contribution in [1.29, 1.82) is 0 Å². The largest absolute Gasteiger partial charge is 0.0625 e. The molecule has 1 saturated carbocycles. The average Bonchev–Trinajstić information content (AvgIpc) is 2.35. The molecule has 0 spiro atoms. The van der Waals surface area contributed by atoms with Crippen LogP contribution in [-0.4, -0.2) is 0 Å². The van der Waals surface area contributed by atoms with Crippen LogP contribution in [0.5, 0.6) is 0 Å². The first kappa shape index (κ1) is 8.10. The molecule has 0 aromatic carbocycles. The van der Waals surface area contributed by atoms with Crippen LogP contribution in [-0.2, 0) is 0 Å². The van der Waals surface area contributed by atoms with E-state index in [4.69, 9.17) is 0 Å². The van der Waals surface area contributed by atoms with Crippen molar-refractivity contribution in [2.45, 2.75) is 41.0 Å². The Hall–Kier alpha value is 0. The highest BCUT2D eigenvalue weighted by atomic mass is 14.5. The van der Waals surface area contributed by atoms with E-state index >= 15 is 0 Å². The summed E-state index contributed by atoms with van der Waals surface area (Å²) in [7, 11) is 0. The molecule has 0 aromatic rings. The van der Waals surface area contributed by atoms with Crippen molar-refractivity contribution in [3.8, 4) is 0 Å². The molecule has 0 saturated heterocycles. The highest BCUT2D eigenvalue weighted by molar-refractivity contribution is 4.95. The summed E-state index contributed by atoms with van der Waals surface area (Å²) in [5.41, 5.74) is 0.564. The predicted molar refractivity (Wildman–Crippen MR) is 45.9 cm³/mol. The molecule has 0 aliphatic heterocycles. The summed E-state index contributed by atoms with van der Waals surface area (Å²) in [4.78, 5) is 0. The van der Waals surface area contributed by atoms with Crippen LogP contribution in [0.25, 0.3) is 0 Å². The molecular weight excluding hydrogens is 120 g/mol. The standard InChI is InChI=1S/C10H20/c1-7(2)8-6-9(8)10(3,4)5/h7-9H,6H2,1-5H3/t8-,9-/m0/s1. The summed E-state index contributed by atoms with van der Waals surface area (Å²) in [5.74, 6) is 2.94. The number of hydrogen-bond acceptors (Lipinski definition) is 0. The van der Waals surface area contributed by atoms with Crippen molar-refractivity contribution in [3.63, 3.8) is 0 Å². The maximum atomic E-state index is 2.36. The summed E-state index contributed by atoms with van der Waals surface area (Å²) in [5, 5.41) is 0. The van der Waals surface area contributed by atoms with Gasteiger partial charge in [-0.3, -0.25) is 0 Å². The van der Waals surface area contributed by atoms with Gasteiger partial charge in [-0.25, -0.2) is 0 Å².